The summed E-state index contributed by atoms with van der Waals surface area (Å²) in [7, 11) is 0. The van der Waals surface area contributed by atoms with Crippen LogP contribution in [-0.4, -0.2) is 5.11 Å². The molecule has 0 fully saturated rings. The molecule has 1 N–H and O–H groups in total. The van der Waals surface area contributed by atoms with Crippen molar-refractivity contribution < 1.29 is 5.11 Å². The molecule has 0 spiro atoms. The lowest BCUT2D eigenvalue weighted by atomic mass is 9.85. The zero-order valence-electron chi connectivity index (χ0n) is 10.5. The summed E-state index contributed by atoms with van der Waals surface area (Å²) >= 11 is 3.28. The van der Waals surface area contributed by atoms with Gasteiger partial charge >= 0.3 is 0 Å². The third-order valence-corrected chi connectivity index (χ3v) is 3.05. The number of benzene rings is 1. The van der Waals surface area contributed by atoms with E-state index in [0.29, 0.717) is 10.0 Å². The van der Waals surface area contributed by atoms with Crippen LogP contribution < -0.4 is 0 Å². The number of allylic oxidation sites excluding steroid dienone is 1. The van der Waals surface area contributed by atoms with Crippen LogP contribution in [0.4, 0.5) is 0 Å². The second-order valence-electron chi connectivity index (χ2n) is 4.93. The average Bonchev–Trinajstić information content (AvgIpc) is 2.28. The van der Waals surface area contributed by atoms with Crippen LogP contribution in [0.5, 0.6) is 5.75 Å². The van der Waals surface area contributed by atoms with Crippen LogP contribution in [0.25, 0.3) is 6.08 Å². The van der Waals surface area contributed by atoms with E-state index < -0.39 is 0 Å². The summed E-state index contributed by atoms with van der Waals surface area (Å²) in [6, 6.07) is 7.10. The van der Waals surface area contributed by atoms with Crippen molar-refractivity contribution in [3.8, 4) is 17.9 Å². The lowest BCUT2D eigenvalue weighted by Gasteiger charge is -2.21. The summed E-state index contributed by atoms with van der Waals surface area (Å²) in [5.41, 5.74) is 1.28. The van der Waals surface area contributed by atoms with Gasteiger partial charge in [0.1, 0.15) is 23.5 Å². The summed E-state index contributed by atoms with van der Waals surface area (Å²) in [5.74, 6) is 0.190. The molecule has 0 aliphatic heterocycles. The molecule has 0 aliphatic rings. The molecule has 0 amide bonds. The van der Waals surface area contributed by atoms with Gasteiger partial charge in [-0.15, -0.1) is 0 Å². The van der Waals surface area contributed by atoms with Crippen LogP contribution in [0.3, 0.4) is 0 Å². The van der Waals surface area contributed by atoms with Gasteiger partial charge in [-0.1, -0.05) is 20.8 Å². The molecule has 3 nitrogen and oxygen atoms in total. The number of hydrogen-bond donors (Lipinski definition) is 1. The van der Waals surface area contributed by atoms with Gasteiger partial charge in [0.05, 0.1) is 4.47 Å². The molecule has 4 heteroatoms. The van der Waals surface area contributed by atoms with E-state index in [1.807, 2.05) is 32.9 Å². The van der Waals surface area contributed by atoms with Gasteiger partial charge in [-0.25, -0.2) is 0 Å². The molecule has 0 radical (unpaired) electrons. The van der Waals surface area contributed by atoms with E-state index in [0.717, 1.165) is 5.56 Å². The van der Waals surface area contributed by atoms with Crippen molar-refractivity contribution >= 4 is 22.0 Å². The highest BCUT2D eigenvalue weighted by Gasteiger charge is 2.20. The van der Waals surface area contributed by atoms with Gasteiger partial charge < -0.3 is 5.11 Å². The number of aromatic hydroxyl groups is 1. The normalized spacial score (nSPS) is 10.3. The average molecular weight is 305 g/mol. The Balaban J connectivity index is 3.45. The smallest absolute Gasteiger partial charge is 0.133 e. The predicted octanol–water partition coefficient (Wildman–Crippen LogP) is 3.88. The van der Waals surface area contributed by atoms with Crippen molar-refractivity contribution in [2.45, 2.75) is 26.2 Å². The van der Waals surface area contributed by atoms with E-state index in [2.05, 4.69) is 15.9 Å². The fraction of sp³-hybridized carbons (Fsp3) is 0.286. The van der Waals surface area contributed by atoms with Gasteiger partial charge in [0.25, 0.3) is 0 Å². The summed E-state index contributed by atoms with van der Waals surface area (Å²) in [6.07, 6.45) is 1.50. The van der Waals surface area contributed by atoms with Crippen molar-refractivity contribution in [3.05, 3.63) is 33.3 Å². The molecular weight excluding hydrogens is 292 g/mol. The van der Waals surface area contributed by atoms with Crippen molar-refractivity contribution in [2.24, 2.45) is 0 Å². The standard InChI is InChI=1S/C14H13BrN2O/c1-14(2,3)11-5-9(4-10(7-16)8-17)6-12(15)13(11)18/h4-6,18H,1-3H3. The zero-order valence-corrected chi connectivity index (χ0v) is 12.0. The van der Waals surface area contributed by atoms with Gasteiger partial charge in [0.2, 0.25) is 0 Å². The molecule has 1 aromatic carbocycles. The molecule has 0 bridgehead atoms. The monoisotopic (exact) mass is 304 g/mol. The molecule has 0 aliphatic carbocycles. The van der Waals surface area contributed by atoms with Gasteiger partial charge in [0.15, 0.2) is 0 Å². The van der Waals surface area contributed by atoms with Crippen LogP contribution >= 0.6 is 15.9 Å². The van der Waals surface area contributed by atoms with Crippen LogP contribution in [0.1, 0.15) is 31.9 Å². The van der Waals surface area contributed by atoms with Crippen LogP contribution in [0, 0.1) is 22.7 Å². The highest BCUT2D eigenvalue weighted by molar-refractivity contribution is 9.10. The van der Waals surface area contributed by atoms with Gasteiger partial charge in [-0.05, 0) is 45.1 Å². The minimum Gasteiger partial charge on any atom is -0.506 e. The SMILES string of the molecule is CC(C)(C)c1cc(C=C(C#N)C#N)cc(Br)c1O. The maximum atomic E-state index is 10.0. The first-order chi connectivity index (χ1) is 8.29. The first-order valence-corrected chi connectivity index (χ1v) is 6.13. The molecule has 0 atom stereocenters. The molecule has 0 unspecified atom stereocenters. The first kappa shape index (κ1) is 14.3. The lowest BCUT2D eigenvalue weighted by molar-refractivity contribution is 0.443. The quantitative estimate of drug-likeness (QED) is 0.800. The summed E-state index contributed by atoms with van der Waals surface area (Å²) < 4.78 is 0.552. The molecule has 1 aromatic rings. The molecule has 92 valence electrons. The van der Waals surface area contributed by atoms with Crippen LogP contribution in [-0.2, 0) is 5.41 Å². The first-order valence-electron chi connectivity index (χ1n) is 5.34. The molecule has 0 aromatic heterocycles. The summed E-state index contributed by atoms with van der Waals surface area (Å²) in [5, 5.41) is 27.5. The highest BCUT2D eigenvalue weighted by atomic mass is 79.9. The van der Waals surface area contributed by atoms with E-state index >= 15 is 0 Å². The summed E-state index contributed by atoms with van der Waals surface area (Å²) in [4.78, 5) is 0. The Hall–Kier alpha value is -1.78. The van der Waals surface area contributed by atoms with Gasteiger partial charge in [0, 0.05) is 5.56 Å². The highest BCUT2D eigenvalue weighted by Crippen LogP contribution is 2.37. The topological polar surface area (TPSA) is 67.8 Å². The predicted molar refractivity (Wildman–Crippen MR) is 73.7 cm³/mol. The Morgan fingerprint density at radius 2 is 1.83 bits per heavy atom. The number of phenolic OH excluding ortho intramolecular Hbond substituents is 1. The molecule has 0 heterocycles. The van der Waals surface area contributed by atoms with Crippen molar-refractivity contribution in [1.29, 1.82) is 10.5 Å². The number of nitrogens with zero attached hydrogens (tertiary/aromatic N) is 2. The fourth-order valence-electron chi connectivity index (χ4n) is 1.53. The van der Waals surface area contributed by atoms with Crippen molar-refractivity contribution in [3.63, 3.8) is 0 Å². The number of phenols is 1. The fourth-order valence-corrected chi connectivity index (χ4v) is 2.01. The number of nitriles is 2. The van der Waals surface area contributed by atoms with E-state index in [9.17, 15) is 5.11 Å². The van der Waals surface area contributed by atoms with Gasteiger partial charge in [-0.3, -0.25) is 0 Å². The molecular formula is C14H13BrN2O. The largest absolute Gasteiger partial charge is 0.506 e. The number of halogens is 1. The maximum absolute atomic E-state index is 10.0. The van der Waals surface area contributed by atoms with E-state index in [1.165, 1.54) is 6.08 Å². The van der Waals surface area contributed by atoms with Crippen LogP contribution in [0.2, 0.25) is 0 Å². The zero-order chi connectivity index (χ0) is 13.9. The van der Waals surface area contributed by atoms with Crippen LogP contribution in [0.15, 0.2) is 22.2 Å². The second-order valence-corrected chi connectivity index (χ2v) is 5.78. The molecule has 0 saturated heterocycles. The molecule has 18 heavy (non-hydrogen) atoms. The number of rotatable bonds is 1. The Bertz CT molecular complexity index is 568. The van der Waals surface area contributed by atoms with E-state index in [1.54, 1.807) is 12.1 Å². The lowest BCUT2D eigenvalue weighted by Crippen LogP contribution is -2.11. The third-order valence-electron chi connectivity index (χ3n) is 2.45. The van der Waals surface area contributed by atoms with Crippen molar-refractivity contribution in [2.75, 3.05) is 0 Å². The Kier molecular flexibility index (Phi) is 4.16. The molecule has 1 rings (SSSR count). The summed E-state index contributed by atoms with van der Waals surface area (Å²) in [6.45, 7) is 5.95. The van der Waals surface area contributed by atoms with E-state index in [-0.39, 0.29) is 16.7 Å². The molecule has 0 saturated carbocycles. The van der Waals surface area contributed by atoms with Crippen molar-refractivity contribution in [1.82, 2.24) is 0 Å². The Labute approximate surface area is 115 Å². The maximum Gasteiger partial charge on any atom is 0.133 e. The van der Waals surface area contributed by atoms with Gasteiger partial charge in [-0.2, -0.15) is 10.5 Å². The minimum absolute atomic E-state index is 0.0347. The minimum atomic E-state index is -0.226. The Morgan fingerprint density at radius 3 is 2.28 bits per heavy atom. The van der Waals surface area contributed by atoms with E-state index in [4.69, 9.17) is 10.5 Å². The number of hydrogen-bond acceptors (Lipinski definition) is 3. The Morgan fingerprint density at radius 1 is 1.28 bits per heavy atom. The third kappa shape index (κ3) is 3.12. The second kappa shape index (κ2) is 5.25.